The predicted molar refractivity (Wildman–Crippen MR) is 72.5 cm³/mol. The fourth-order valence-corrected chi connectivity index (χ4v) is 1.87. The van der Waals surface area contributed by atoms with Crippen LogP contribution in [-0.4, -0.2) is 11.1 Å². The minimum Gasteiger partial charge on any atom is -0.384 e. The van der Waals surface area contributed by atoms with Gasteiger partial charge in [-0.1, -0.05) is 32.0 Å². The van der Waals surface area contributed by atoms with Crippen LogP contribution in [0.15, 0.2) is 35.1 Å². The molecule has 1 aromatic carbocycles. The zero-order valence-corrected chi connectivity index (χ0v) is 10.5. The zero-order chi connectivity index (χ0) is 12.4. The molecular formula is C14H18N2O. The van der Waals surface area contributed by atoms with Crippen LogP contribution in [0.2, 0.25) is 0 Å². The molecule has 17 heavy (non-hydrogen) atoms. The number of hydrogen-bond acceptors (Lipinski definition) is 2. The lowest BCUT2D eigenvalue weighted by Crippen LogP contribution is -2.18. The first-order valence-corrected chi connectivity index (χ1v) is 5.92. The minimum atomic E-state index is 0.0231. The van der Waals surface area contributed by atoms with E-state index in [0.717, 1.165) is 23.1 Å². The second-order valence-electron chi connectivity index (χ2n) is 4.75. The van der Waals surface area contributed by atoms with Gasteiger partial charge in [-0.3, -0.25) is 4.79 Å². The summed E-state index contributed by atoms with van der Waals surface area (Å²) in [6, 6.07) is 9.63. The Balaban J connectivity index is 2.55. The van der Waals surface area contributed by atoms with E-state index in [1.807, 2.05) is 24.3 Å². The van der Waals surface area contributed by atoms with E-state index in [0.29, 0.717) is 5.92 Å². The number of nitrogens with one attached hydrogen (secondary N) is 1. The van der Waals surface area contributed by atoms with Crippen molar-refractivity contribution in [1.82, 2.24) is 4.57 Å². The van der Waals surface area contributed by atoms with Gasteiger partial charge in [-0.25, -0.2) is 0 Å². The normalized spacial score (nSPS) is 11.1. The van der Waals surface area contributed by atoms with Crippen LogP contribution in [0.3, 0.4) is 0 Å². The molecule has 0 atom stereocenters. The van der Waals surface area contributed by atoms with E-state index in [1.54, 1.807) is 17.7 Å². The molecule has 0 amide bonds. The van der Waals surface area contributed by atoms with Gasteiger partial charge in [0, 0.05) is 30.7 Å². The number of aryl methyl sites for hydroxylation is 1. The molecule has 0 aliphatic carbocycles. The highest BCUT2D eigenvalue weighted by Crippen LogP contribution is 2.20. The first-order chi connectivity index (χ1) is 8.09. The summed E-state index contributed by atoms with van der Waals surface area (Å²) in [5, 5.41) is 4.43. The second kappa shape index (κ2) is 4.62. The summed E-state index contributed by atoms with van der Waals surface area (Å²) >= 11 is 0. The van der Waals surface area contributed by atoms with E-state index in [4.69, 9.17) is 0 Å². The Kier molecular flexibility index (Phi) is 3.18. The number of anilines is 1. The van der Waals surface area contributed by atoms with Gasteiger partial charge in [0.2, 0.25) is 0 Å². The molecule has 0 aliphatic rings. The fraction of sp³-hybridized carbons (Fsp3) is 0.357. The molecule has 3 heteroatoms. The summed E-state index contributed by atoms with van der Waals surface area (Å²) in [7, 11) is 1.80. The molecule has 3 nitrogen and oxygen atoms in total. The van der Waals surface area contributed by atoms with Gasteiger partial charge in [-0.15, -0.1) is 0 Å². The average Bonchev–Trinajstić information content (AvgIpc) is 2.32. The number of fused-ring (bicyclic) bond motifs is 1. The molecule has 90 valence electrons. The van der Waals surface area contributed by atoms with Gasteiger partial charge in [0.25, 0.3) is 5.56 Å². The van der Waals surface area contributed by atoms with E-state index in [9.17, 15) is 4.79 Å². The summed E-state index contributed by atoms with van der Waals surface area (Å²) in [5.41, 5.74) is 1.92. The number of aromatic nitrogens is 1. The number of para-hydroxylation sites is 1. The van der Waals surface area contributed by atoms with Crippen molar-refractivity contribution < 1.29 is 0 Å². The Bertz CT molecular complexity index is 584. The van der Waals surface area contributed by atoms with Gasteiger partial charge in [-0.2, -0.15) is 0 Å². The van der Waals surface area contributed by atoms with Gasteiger partial charge in [0.05, 0.1) is 5.52 Å². The third kappa shape index (κ3) is 2.33. The predicted octanol–water partition coefficient (Wildman–Crippen LogP) is 2.61. The van der Waals surface area contributed by atoms with Gasteiger partial charge in [0.1, 0.15) is 0 Å². The lowest BCUT2D eigenvalue weighted by Gasteiger charge is -2.13. The van der Waals surface area contributed by atoms with E-state index in [-0.39, 0.29) is 5.56 Å². The largest absolute Gasteiger partial charge is 0.384 e. The molecule has 1 heterocycles. The summed E-state index contributed by atoms with van der Waals surface area (Å²) < 4.78 is 1.68. The molecule has 0 aliphatic heterocycles. The topological polar surface area (TPSA) is 34.0 Å². The Morgan fingerprint density at radius 2 is 2.00 bits per heavy atom. The van der Waals surface area contributed by atoms with Crippen molar-refractivity contribution in [3.8, 4) is 0 Å². The van der Waals surface area contributed by atoms with Crippen molar-refractivity contribution in [2.75, 3.05) is 11.9 Å². The molecule has 0 saturated heterocycles. The van der Waals surface area contributed by atoms with Crippen LogP contribution in [0.4, 0.5) is 5.69 Å². The van der Waals surface area contributed by atoms with Crippen LogP contribution in [0.25, 0.3) is 10.9 Å². The first-order valence-electron chi connectivity index (χ1n) is 5.92. The van der Waals surface area contributed by atoms with Crippen molar-refractivity contribution in [1.29, 1.82) is 0 Å². The number of benzene rings is 1. The summed E-state index contributed by atoms with van der Waals surface area (Å²) in [6.45, 7) is 5.17. The highest BCUT2D eigenvalue weighted by Gasteiger charge is 2.05. The quantitative estimate of drug-likeness (QED) is 0.879. The Morgan fingerprint density at radius 1 is 1.29 bits per heavy atom. The Hall–Kier alpha value is -1.77. The summed E-state index contributed by atoms with van der Waals surface area (Å²) in [6.07, 6.45) is 0. The van der Waals surface area contributed by atoms with E-state index in [1.165, 1.54) is 0 Å². The van der Waals surface area contributed by atoms with Crippen LogP contribution < -0.4 is 10.9 Å². The highest BCUT2D eigenvalue weighted by molar-refractivity contribution is 5.91. The van der Waals surface area contributed by atoms with Gasteiger partial charge in [-0.05, 0) is 12.0 Å². The maximum Gasteiger partial charge on any atom is 0.252 e. The molecule has 0 spiro atoms. The lowest BCUT2D eigenvalue weighted by molar-refractivity contribution is 0.689. The van der Waals surface area contributed by atoms with Crippen LogP contribution in [0.5, 0.6) is 0 Å². The third-order valence-electron chi connectivity index (χ3n) is 2.85. The number of nitrogens with zero attached hydrogens (tertiary/aromatic N) is 1. The Labute approximate surface area is 101 Å². The van der Waals surface area contributed by atoms with E-state index in [2.05, 4.69) is 19.2 Å². The van der Waals surface area contributed by atoms with Crippen molar-refractivity contribution in [3.05, 3.63) is 40.7 Å². The van der Waals surface area contributed by atoms with Gasteiger partial charge in [0.15, 0.2) is 0 Å². The molecule has 0 bridgehead atoms. The van der Waals surface area contributed by atoms with Crippen molar-refractivity contribution in [2.45, 2.75) is 13.8 Å². The molecule has 0 fully saturated rings. The van der Waals surface area contributed by atoms with Crippen LogP contribution >= 0.6 is 0 Å². The van der Waals surface area contributed by atoms with Crippen molar-refractivity contribution >= 4 is 16.6 Å². The van der Waals surface area contributed by atoms with E-state index < -0.39 is 0 Å². The fourth-order valence-electron chi connectivity index (χ4n) is 1.87. The Morgan fingerprint density at radius 3 is 2.71 bits per heavy atom. The zero-order valence-electron chi connectivity index (χ0n) is 10.5. The van der Waals surface area contributed by atoms with Crippen molar-refractivity contribution in [2.24, 2.45) is 13.0 Å². The van der Waals surface area contributed by atoms with Crippen LogP contribution in [0.1, 0.15) is 13.8 Å². The summed E-state index contributed by atoms with van der Waals surface area (Å²) in [5.74, 6) is 0.554. The molecule has 2 aromatic rings. The average molecular weight is 230 g/mol. The van der Waals surface area contributed by atoms with Crippen LogP contribution in [0, 0.1) is 5.92 Å². The van der Waals surface area contributed by atoms with Gasteiger partial charge < -0.3 is 9.88 Å². The molecule has 0 unspecified atom stereocenters. The number of pyridine rings is 1. The monoisotopic (exact) mass is 230 g/mol. The van der Waals surface area contributed by atoms with Crippen molar-refractivity contribution in [3.63, 3.8) is 0 Å². The molecule has 0 radical (unpaired) electrons. The second-order valence-corrected chi connectivity index (χ2v) is 4.75. The maximum absolute atomic E-state index is 11.8. The van der Waals surface area contributed by atoms with Gasteiger partial charge >= 0.3 is 0 Å². The number of hydrogen-bond donors (Lipinski definition) is 1. The smallest absolute Gasteiger partial charge is 0.252 e. The molecule has 1 N–H and O–H groups in total. The molecule has 1 aromatic heterocycles. The lowest BCUT2D eigenvalue weighted by atomic mass is 10.1. The van der Waals surface area contributed by atoms with E-state index >= 15 is 0 Å². The SMILES string of the molecule is CC(C)CNc1cc(=O)n(C)c2ccccc12. The third-order valence-corrected chi connectivity index (χ3v) is 2.85. The highest BCUT2D eigenvalue weighted by atomic mass is 16.1. The maximum atomic E-state index is 11.8. The van der Waals surface area contributed by atoms with Crippen LogP contribution in [-0.2, 0) is 7.05 Å². The molecule has 0 saturated carbocycles. The molecule has 2 rings (SSSR count). The number of rotatable bonds is 3. The summed E-state index contributed by atoms with van der Waals surface area (Å²) in [4.78, 5) is 11.8. The minimum absolute atomic E-state index is 0.0231. The molecular weight excluding hydrogens is 212 g/mol. The first kappa shape index (κ1) is 11.7. The standard InChI is InChI=1S/C14H18N2O/c1-10(2)9-15-12-8-14(17)16(3)13-7-5-4-6-11(12)13/h4-8,10,15H,9H2,1-3H3.